The highest BCUT2D eigenvalue weighted by atomic mass is 19.3. The van der Waals surface area contributed by atoms with E-state index in [4.69, 9.17) is 4.74 Å². The minimum Gasteiger partial charge on any atom is -0.360 e. The summed E-state index contributed by atoms with van der Waals surface area (Å²) in [6.45, 7) is 3.51. The van der Waals surface area contributed by atoms with Gasteiger partial charge in [-0.3, -0.25) is 0 Å². The number of hydrogen-bond acceptors (Lipinski definition) is 2. The van der Waals surface area contributed by atoms with Gasteiger partial charge in [0.15, 0.2) is 6.10 Å². The molecule has 12 heavy (non-hydrogen) atoms. The van der Waals surface area contributed by atoms with Crippen molar-refractivity contribution in [2.24, 2.45) is 0 Å². The van der Waals surface area contributed by atoms with Gasteiger partial charge in [0.05, 0.1) is 12.7 Å². The van der Waals surface area contributed by atoms with Crippen molar-refractivity contribution in [3.05, 3.63) is 12.2 Å². The highest BCUT2D eigenvalue weighted by molar-refractivity contribution is 4.87. The van der Waals surface area contributed by atoms with Gasteiger partial charge in [0.1, 0.15) is 0 Å². The molecule has 4 heteroatoms. The van der Waals surface area contributed by atoms with E-state index < -0.39 is 12.2 Å². The van der Waals surface area contributed by atoms with E-state index in [1.54, 1.807) is 19.1 Å². The summed E-state index contributed by atoms with van der Waals surface area (Å²) in [4.78, 5) is 0. The molecule has 0 saturated carbocycles. The van der Waals surface area contributed by atoms with Gasteiger partial charge in [0.2, 0.25) is 0 Å². The van der Waals surface area contributed by atoms with Crippen molar-refractivity contribution < 1.29 is 18.3 Å². The minimum atomic E-state index is -3.09. The lowest BCUT2D eigenvalue weighted by atomic mass is 10.2. The summed E-state index contributed by atoms with van der Waals surface area (Å²) in [5.74, 6) is 0. The number of hydrogen-bond donors (Lipinski definition) is 0. The molecule has 0 spiro atoms. The Morgan fingerprint density at radius 1 is 1.67 bits per heavy atom. The second-order valence-electron chi connectivity index (χ2n) is 2.73. The molecular weight excluding hydrogens is 166 g/mol. The molecule has 0 radical (unpaired) electrons. The van der Waals surface area contributed by atoms with E-state index in [9.17, 15) is 8.78 Å². The quantitative estimate of drug-likeness (QED) is 0.615. The van der Waals surface area contributed by atoms with E-state index in [1.807, 2.05) is 6.92 Å². The van der Waals surface area contributed by atoms with E-state index in [1.165, 1.54) is 0 Å². The fourth-order valence-electron chi connectivity index (χ4n) is 0.971. The molecule has 0 N–H and O–H groups in total. The molecule has 70 valence electrons. The van der Waals surface area contributed by atoms with Crippen LogP contribution in [0.4, 0.5) is 8.78 Å². The van der Waals surface area contributed by atoms with Crippen molar-refractivity contribution in [3.63, 3.8) is 0 Å². The molecule has 0 amide bonds. The fraction of sp³-hybridized carbons (Fsp3) is 0.750. The predicted molar refractivity (Wildman–Crippen MR) is 40.0 cm³/mol. The standard InChI is InChI=1S/C8H12F2O2/c1-3-4-6(2)12-7-5-11-8(7,9)10/h3-4,6-7H,5H2,1-2H3. The highest BCUT2D eigenvalue weighted by Gasteiger charge is 2.52. The van der Waals surface area contributed by atoms with E-state index >= 15 is 0 Å². The molecule has 0 bridgehead atoms. The van der Waals surface area contributed by atoms with Crippen molar-refractivity contribution in [1.82, 2.24) is 0 Å². The van der Waals surface area contributed by atoms with Crippen LogP contribution in [-0.4, -0.2) is 24.9 Å². The molecular formula is C8H12F2O2. The van der Waals surface area contributed by atoms with Gasteiger partial charge in [-0.05, 0) is 13.8 Å². The number of rotatable bonds is 3. The largest absolute Gasteiger partial charge is 0.384 e. The zero-order chi connectivity index (χ0) is 9.19. The molecule has 1 rings (SSSR count). The van der Waals surface area contributed by atoms with Crippen LogP contribution in [0, 0.1) is 0 Å². The molecule has 1 fully saturated rings. The molecule has 2 nitrogen and oxygen atoms in total. The Morgan fingerprint density at radius 3 is 2.67 bits per heavy atom. The smallest absolute Gasteiger partial charge is 0.360 e. The third-order valence-corrected chi connectivity index (χ3v) is 1.64. The first-order valence-electron chi connectivity index (χ1n) is 3.86. The molecule has 0 aliphatic carbocycles. The summed E-state index contributed by atoms with van der Waals surface area (Å²) in [7, 11) is 0. The van der Waals surface area contributed by atoms with Crippen LogP contribution >= 0.6 is 0 Å². The second-order valence-corrected chi connectivity index (χ2v) is 2.73. The van der Waals surface area contributed by atoms with Gasteiger partial charge in [-0.15, -0.1) is 0 Å². The number of ether oxygens (including phenoxy) is 2. The molecule has 0 aromatic carbocycles. The number of halogens is 2. The predicted octanol–water partition coefficient (Wildman–Crippen LogP) is 1.96. The molecule has 1 saturated heterocycles. The molecule has 2 atom stereocenters. The Hall–Kier alpha value is -0.480. The van der Waals surface area contributed by atoms with Gasteiger partial charge in [0.25, 0.3) is 0 Å². The lowest BCUT2D eigenvalue weighted by molar-refractivity contribution is -0.386. The maximum absolute atomic E-state index is 12.4. The van der Waals surface area contributed by atoms with Crippen molar-refractivity contribution in [3.8, 4) is 0 Å². The second kappa shape index (κ2) is 3.49. The maximum Gasteiger partial charge on any atom is 0.384 e. The molecule has 2 unspecified atom stereocenters. The Balaban J connectivity index is 2.32. The third kappa shape index (κ3) is 2.01. The molecule has 1 heterocycles. The zero-order valence-electron chi connectivity index (χ0n) is 7.09. The van der Waals surface area contributed by atoms with E-state index in [0.717, 1.165) is 0 Å². The van der Waals surface area contributed by atoms with Crippen molar-refractivity contribution in [1.29, 1.82) is 0 Å². The molecule has 1 aliphatic heterocycles. The van der Waals surface area contributed by atoms with Gasteiger partial charge in [-0.1, -0.05) is 12.2 Å². The first kappa shape index (κ1) is 9.61. The summed E-state index contributed by atoms with van der Waals surface area (Å²) < 4.78 is 33.9. The van der Waals surface area contributed by atoms with E-state index in [0.29, 0.717) is 0 Å². The van der Waals surface area contributed by atoms with Gasteiger partial charge >= 0.3 is 6.11 Å². The van der Waals surface area contributed by atoms with Crippen LogP contribution in [-0.2, 0) is 9.47 Å². The Bertz CT molecular complexity index is 180. The van der Waals surface area contributed by atoms with Gasteiger partial charge in [0, 0.05) is 0 Å². The van der Waals surface area contributed by atoms with Crippen LogP contribution < -0.4 is 0 Å². The first-order chi connectivity index (χ1) is 5.56. The van der Waals surface area contributed by atoms with Gasteiger partial charge < -0.3 is 9.47 Å². The normalized spacial score (nSPS) is 30.2. The topological polar surface area (TPSA) is 18.5 Å². The highest BCUT2D eigenvalue weighted by Crippen LogP contribution is 2.33. The average molecular weight is 178 g/mol. The minimum absolute atomic E-state index is 0.0190. The number of alkyl halides is 2. The van der Waals surface area contributed by atoms with Crippen LogP contribution in [0.5, 0.6) is 0 Å². The van der Waals surface area contributed by atoms with E-state index in [2.05, 4.69) is 4.74 Å². The SMILES string of the molecule is CC=CC(C)OC1COC1(F)F. The molecule has 0 aromatic rings. The molecule has 1 aliphatic rings. The van der Waals surface area contributed by atoms with Crippen LogP contribution in [0.15, 0.2) is 12.2 Å². The summed E-state index contributed by atoms with van der Waals surface area (Å²) in [5, 5.41) is 0. The van der Waals surface area contributed by atoms with Crippen molar-refractivity contribution >= 4 is 0 Å². The Morgan fingerprint density at radius 2 is 2.33 bits per heavy atom. The third-order valence-electron chi connectivity index (χ3n) is 1.64. The first-order valence-corrected chi connectivity index (χ1v) is 3.86. The lowest BCUT2D eigenvalue weighted by Gasteiger charge is -2.36. The Labute approximate surface area is 70.2 Å². The van der Waals surface area contributed by atoms with Crippen LogP contribution in [0.1, 0.15) is 13.8 Å². The maximum atomic E-state index is 12.4. The molecule has 0 aromatic heterocycles. The number of allylic oxidation sites excluding steroid dienone is 1. The monoisotopic (exact) mass is 178 g/mol. The van der Waals surface area contributed by atoms with Gasteiger partial charge in [-0.25, -0.2) is 0 Å². The summed E-state index contributed by atoms with van der Waals surface area (Å²) >= 11 is 0. The van der Waals surface area contributed by atoms with Crippen molar-refractivity contribution in [2.45, 2.75) is 32.2 Å². The van der Waals surface area contributed by atoms with Crippen molar-refractivity contribution in [2.75, 3.05) is 6.61 Å². The average Bonchev–Trinajstić information content (AvgIpc) is 1.99. The summed E-state index contributed by atoms with van der Waals surface area (Å²) in [5.41, 5.74) is 0. The summed E-state index contributed by atoms with van der Waals surface area (Å²) in [6.07, 6.45) is -0.967. The fourth-order valence-corrected chi connectivity index (χ4v) is 0.971. The van der Waals surface area contributed by atoms with Crippen LogP contribution in [0.2, 0.25) is 0 Å². The summed E-state index contributed by atoms with van der Waals surface area (Å²) in [6, 6.07) is 0. The van der Waals surface area contributed by atoms with E-state index in [-0.39, 0.29) is 12.7 Å². The van der Waals surface area contributed by atoms with Gasteiger partial charge in [-0.2, -0.15) is 8.78 Å². The van der Waals surface area contributed by atoms with Crippen LogP contribution in [0.25, 0.3) is 0 Å². The van der Waals surface area contributed by atoms with Crippen LogP contribution in [0.3, 0.4) is 0 Å². The zero-order valence-corrected chi connectivity index (χ0v) is 7.09. The lowest BCUT2D eigenvalue weighted by Crippen LogP contribution is -2.53. The Kier molecular flexibility index (Phi) is 2.80.